The first kappa shape index (κ1) is 23.4. The molecule has 0 aliphatic heterocycles. The van der Waals surface area contributed by atoms with E-state index >= 15 is 0 Å². The van der Waals surface area contributed by atoms with Crippen LogP contribution in [0.4, 0.5) is 30.6 Å². The number of para-hydroxylation sites is 1. The van der Waals surface area contributed by atoms with Crippen molar-refractivity contribution in [3.05, 3.63) is 58.6 Å². The molecule has 0 amide bonds. The van der Waals surface area contributed by atoms with Crippen molar-refractivity contribution in [3.63, 3.8) is 0 Å². The summed E-state index contributed by atoms with van der Waals surface area (Å²) in [7, 11) is 0. The van der Waals surface area contributed by atoms with Crippen LogP contribution in [0.1, 0.15) is 32.1 Å². The van der Waals surface area contributed by atoms with Gasteiger partial charge < -0.3 is 15.4 Å². The van der Waals surface area contributed by atoms with E-state index in [-0.39, 0.29) is 11.8 Å². The molecule has 0 radical (unpaired) electrons. The fourth-order valence-electron chi connectivity index (χ4n) is 3.75. The van der Waals surface area contributed by atoms with E-state index in [1.807, 2.05) is 0 Å². The van der Waals surface area contributed by atoms with Crippen molar-refractivity contribution < 1.29 is 17.9 Å². The first-order valence-electron chi connectivity index (χ1n) is 10.5. The molecule has 0 atom stereocenters. The zero-order valence-corrected chi connectivity index (χ0v) is 18.9. The van der Waals surface area contributed by atoms with E-state index in [2.05, 4.69) is 25.3 Å². The molecule has 1 aromatic heterocycles. The lowest BCUT2D eigenvalue weighted by molar-refractivity contribution is -0.274. The van der Waals surface area contributed by atoms with Crippen LogP contribution in [0.2, 0.25) is 10.0 Å². The van der Waals surface area contributed by atoms with E-state index in [0.717, 1.165) is 25.7 Å². The Balaban J connectivity index is 1.70. The minimum atomic E-state index is -4.79. The van der Waals surface area contributed by atoms with Gasteiger partial charge >= 0.3 is 6.36 Å². The number of rotatable bonds is 6. The van der Waals surface area contributed by atoms with Crippen LogP contribution < -0.4 is 15.4 Å². The van der Waals surface area contributed by atoms with Crippen LogP contribution in [0, 0.1) is 0 Å². The summed E-state index contributed by atoms with van der Waals surface area (Å²) in [5, 5.41) is 7.29. The van der Waals surface area contributed by atoms with Gasteiger partial charge in [-0.05, 0) is 37.1 Å². The van der Waals surface area contributed by atoms with Crippen molar-refractivity contribution in [2.45, 2.75) is 44.5 Å². The monoisotopic (exact) mass is 496 g/mol. The molecule has 174 valence electrons. The highest BCUT2D eigenvalue weighted by Crippen LogP contribution is 2.34. The average molecular weight is 497 g/mol. The molecule has 3 aromatic rings. The fraction of sp³-hybridized carbons (Fsp3) is 0.304. The molecule has 0 saturated heterocycles. The molecule has 33 heavy (non-hydrogen) atoms. The number of ether oxygens (including phenoxy) is 1. The predicted molar refractivity (Wildman–Crippen MR) is 124 cm³/mol. The molecular formula is C23H21Cl2F3N4O. The maximum Gasteiger partial charge on any atom is 0.573 e. The van der Waals surface area contributed by atoms with Crippen LogP contribution in [-0.4, -0.2) is 22.4 Å². The van der Waals surface area contributed by atoms with Crippen LogP contribution >= 0.6 is 23.2 Å². The molecule has 5 nitrogen and oxygen atoms in total. The van der Waals surface area contributed by atoms with Gasteiger partial charge in [0.05, 0.1) is 21.4 Å². The minimum Gasteiger partial charge on any atom is -0.406 e. The van der Waals surface area contributed by atoms with Crippen LogP contribution in [0.25, 0.3) is 11.3 Å². The molecule has 4 rings (SSSR count). The van der Waals surface area contributed by atoms with Crippen molar-refractivity contribution in [2.24, 2.45) is 0 Å². The van der Waals surface area contributed by atoms with Gasteiger partial charge in [-0.1, -0.05) is 60.7 Å². The van der Waals surface area contributed by atoms with Crippen LogP contribution in [0.5, 0.6) is 5.75 Å². The summed E-state index contributed by atoms with van der Waals surface area (Å²) in [6.45, 7) is 0. The molecule has 1 aliphatic rings. The van der Waals surface area contributed by atoms with Crippen LogP contribution in [-0.2, 0) is 0 Å². The van der Waals surface area contributed by atoms with Crippen LogP contribution in [0.3, 0.4) is 0 Å². The van der Waals surface area contributed by atoms with Gasteiger partial charge in [-0.2, -0.15) is 4.98 Å². The van der Waals surface area contributed by atoms with Crippen molar-refractivity contribution >= 4 is 40.7 Å². The summed E-state index contributed by atoms with van der Waals surface area (Å²) in [6, 6.07) is 12.6. The summed E-state index contributed by atoms with van der Waals surface area (Å²) in [5.74, 6) is 0.437. The predicted octanol–water partition coefficient (Wildman–Crippen LogP) is 7.84. The van der Waals surface area contributed by atoms with Gasteiger partial charge in [-0.15, -0.1) is 13.2 Å². The lowest BCUT2D eigenvalue weighted by Gasteiger charge is -2.23. The molecule has 10 heteroatoms. The third-order valence-corrected chi connectivity index (χ3v) is 5.87. The fourth-order valence-corrected chi connectivity index (χ4v) is 4.24. The van der Waals surface area contributed by atoms with Crippen molar-refractivity contribution in [2.75, 3.05) is 10.6 Å². The van der Waals surface area contributed by atoms with Crippen molar-refractivity contribution in [1.29, 1.82) is 0 Å². The molecule has 0 bridgehead atoms. The number of nitrogens with zero attached hydrogens (tertiary/aromatic N) is 2. The van der Waals surface area contributed by atoms with E-state index in [1.165, 1.54) is 24.6 Å². The molecule has 1 aliphatic carbocycles. The largest absolute Gasteiger partial charge is 0.573 e. The zero-order chi connectivity index (χ0) is 23.4. The first-order valence-corrected chi connectivity index (χ1v) is 11.3. The third kappa shape index (κ3) is 6.42. The van der Waals surface area contributed by atoms with Gasteiger partial charge in [-0.25, -0.2) is 4.98 Å². The van der Waals surface area contributed by atoms with Gasteiger partial charge in [0.1, 0.15) is 11.6 Å². The van der Waals surface area contributed by atoms with E-state index in [1.54, 1.807) is 30.3 Å². The maximum absolute atomic E-state index is 12.7. The lowest BCUT2D eigenvalue weighted by Crippen LogP contribution is -2.23. The summed E-state index contributed by atoms with van der Waals surface area (Å²) in [5.41, 5.74) is 1.34. The topological polar surface area (TPSA) is 59.1 Å². The van der Waals surface area contributed by atoms with E-state index in [9.17, 15) is 13.2 Å². The standard InChI is InChI=1S/C23H21Cl2F3N4O/c24-17-10-5-11-18(25)21(17)31-20-13-19(14-6-4-9-16(12-14)33-23(26,27)28)30-22(32-20)29-15-7-2-1-3-8-15/h4-6,9-13,15H,1-3,7-8H2,(H2,29,30,31,32). The normalized spacial score (nSPS) is 14.7. The summed E-state index contributed by atoms with van der Waals surface area (Å²) >= 11 is 12.6. The van der Waals surface area contributed by atoms with Gasteiger partial charge in [0.2, 0.25) is 5.95 Å². The van der Waals surface area contributed by atoms with E-state index < -0.39 is 6.36 Å². The molecule has 1 fully saturated rings. The summed E-state index contributed by atoms with van der Waals surface area (Å²) in [6.07, 6.45) is 0.653. The highest BCUT2D eigenvalue weighted by molar-refractivity contribution is 6.39. The molecule has 1 heterocycles. The summed E-state index contributed by atoms with van der Waals surface area (Å²) in [4.78, 5) is 9.11. The SMILES string of the molecule is FC(F)(F)Oc1cccc(-c2cc(Nc3c(Cl)cccc3Cl)nc(NC3CCCCC3)n2)c1. The number of benzene rings is 2. The highest BCUT2D eigenvalue weighted by atomic mass is 35.5. The van der Waals surface area contributed by atoms with Gasteiger partial charge in [0.25, 0.3) is 0 Å². The Kier molecular flexibility index (Phi) is 7.14. The van der Waals surface area contributed by atoms with E-state index in [0.29, 0.717) is 38.8 Å². The number of hydrogen-bond donors (Lipinski definition) is 2. The van der Waals surface area contributed by atoms with Gasteiger partial charge in [0.15, 0.2) is 0 Å². The lowest BCUT2D eigenvalue weighted by atomic mass is 9.96. The number of alkyl halides is 3. The second-order valence-corrected chi connectivity index (χ2v) is 8.55. The quantitative estimate of drug-likeness (QED) is 0.363. The minimum absolute atomic E-state index is 0.227. The Morgan fingerprint density at radius 3 is 2.30 bits per heavy atom. The van der Waals surface area contributed by atoms with Gasteiger partial charge in [0, 0.05) is 17.7 Å². The van der Waals surface area contributed by atoms with Crippen molar-refractivity contribution in [1.82, 2.24) is 9.97 Å². The van der Waals surface area contributed by atoms with Crippen molar-refractivity contribution in [3.8, 4) is 17.0 Å². The number of aromatic nitrogens is 2. The Hall–Kier alpha value is -2.71. The third-order valence-electron chi connectivity index (χ3n) is 5.24. The molecular weight excluding hydrogens is 476 g/mol. The second-order valence-electron chi connectivity index (χ2n) is 7.74. The number of anilines is 3. The molecule has 2 aromatic carbocycles. The first-order chi connectivity index (χ1) is 15.8. The highest BCUT2D eigenvalue weighted by Gasteiger charge is 2.31. The number of nitrogens with one attached hydrogen (secondary N) is 2. The zero-order valence-electron chi connectivity index (χ0n) is 17.4. The number of halogens is 5. The second kappa shape index (κ2) is 10.1. The Bertz CT molecular complexity index is 1100. The Labute approximate surface area is 199 Å². The summed E-state index contributed by atoms with van der Waals surface area (Å²) < 4.78 is 42.1. The molecule has 1 saturated carbocycles. The smallest absolute Gasteiger partial charge is 0.406 e. The molecule has 0 unspecified atom stereocenters. The maximum atomic E-state index is 12.7. The van der Waals surface area contributed by atoms with E-state index in [4.69, 9.17) is 23.2 Å². The Morgan fingerprint density at radius 1 is 0.909 bits per heavy atom. The van der Waals surface area contributed by atoms with Gasteiger partial charge in [-0.3, -0.25) is 0 Å². The number of hydrogen-bond acceptors (Lipinski definition) is 5. The molecule has 0 spiro atoms. The Morgan fingerprint density at radius 2 is 1.61 bits per heavy atom. The average Bonchev–Trinajstić information content (AvgIpc) is 2.76. The molecule has 2 N–H and O–H groups in total. The van der Waals surface area contributed by atoms with Crippen LogP contribution in [0.15, 0.2) is 48.5 Å².